The summed E-state index contributed by atoms with van der Waals surface area (Å²) in [7, 11) is 5.59. The zero-order chi connectivity index (χ0) is 25.4. The summed E-state index contributed by atoms with van der Waals surface area (Å²) in [6.07, 6.45) is 0.315. The van der Waals surface area contributed by atoms with E-state index in [9.17, 15) is 22.4 Å². The van der Waals surface area contributed by atoms with Crippen LogP contribution in [0, 0.1) is 29.2 Å². The summed E-state index contributed by atoms with van der Waals surface area (Å²) in [6.45, 7) is 0.683. The number of ether oxygens (including phenoxy) is 3. The Balaban J connectivity index is 1.33. The van der Waals surface area contributed by atoms with Crippen molar-refractivity contribution < 1.29 is 36.6 Å². The van der Waals surface area contributed by atoms with Crippen LogP contribution >= 0.6 is 0 Å². The van der Waals surface area contributed by atoms with Crippen molar-refractivity contribution in [2.24, 2.45) is 5.92 Å². The normalized spacial score (nSPS) is 21.3. The Morgan fingerprint density at radius 3 is 1.97 bits per heavy atom. The number of benzene rings is 3. The number of halogens is 4. The van der Waals surface area contributed by atoms with E-state index in [1.807, 2.05) is 0 Å². The Hall–Kier alpha value is -3.17. The SMILES string of the molecule is [B]CC1CCC(OC(=O)c2ccc(-c3ccc(-c4ccc(C5CO5)c(F)c4F)cc3)c(F)c2F)OC1. The highest BCUT2D eigenvalue weighted by Crippen LogP contribution is 2.36. The van der Waals surface area contributed by atoms with E-state index in [0.29, 0.717) is 43.5 Å². The number of hydrogen-bond acceptors (Lipinski definition) is 4. The number of carbonyl (C=O) groups is 1. The molecule has 2 radical (unpaired) electrons. The minimum atomic E-state index is -1.34. The van der Waals surface area contributed by atoms with Gasteiger partial charge in [0.05, 0.1) is 26.6 Å². The molecule has 0 spiro atoms. The van der Waals surface area contributed by atoms with Crippen LogP contribution in [-0.4, -0.2) is 33.3 Å². The molecule has 0 bridgehead atoms. The molecule has 3 aromatic rings. The maximum absolute atomic E-state index is 14.9. The van der Waals surface area contributed by atoms with E-state index < -0.39 is 47.2 Å². The third kappa shape index (κ3) is 4.77. The van der Waals surface area contributed by atoms with E-state index in [-0.39, 0.29) is 22.6 Å². The molecule has 3 atom stereocenters. The number of rotatable bonds is 6. The van der Waals surface area contributed by atoms with Gasteiger partial charge in [0.2, 0.25) is 6.29 Å². The second-order valence-corrected chi connectivity index (χ2v) is 8.87. The molecule has 2 aliphatic rings. The van der Waals surface area contributed by atoms with Crippen molar-refractivity contribution in [3.8, 4) is 22.3 Å². The molecule has 9 heteroatoms. The topological polar surface area (TPSA) is 48.1 Å². The van der Waals surface area contributed by atoms with Crippen LogP contribution in [0.4, 0.5) is 17.6 Å². The fraction of sp³-hybridized carbons (Fsp3) is 0.296. The molecule has 3 aromatic carbocycles. The molecule has 0 N–H and O–H groups in total. The molecule has 2 saturated heterocycles. The van der Waals surface area contributed by atoms with Gasteiger partial charge in [-0.05, 0) is 29.5 Å². The van der Waals surface area contributed by atoms with Crippen molar-refractivity contribution in [2.75, 3.05) is 13.2 Å². The van der Waals surface area contributed by atoms with Gasteiger partial charge >= 0.3 is 5.97 Å². The molecule has 36 heavy (non-hydrogen) atoms. The molecule has 2 heterocycles. The Morgan fingerprint density at radius 1 is 0.806 bits per heavy atom. The molecule has 0 aliphatic carbocycles. The van der Waals surface area contributed by atoms with Crippen LogP contribution < -0.4 is 0 Å². The first-order valence-electron chi connectivity index (χ1n) is 11.6. The number of epoxide rings is 1. The lowest BCUT2D eigenvalue weighted by Gasteiger charge is -2.28. The lowest BCUT2D eigenvalue weighted by molar-refractivity contribution is -0.143. The second-order valence-electron chi connectivity index (χ2n) is 8.87. The van der Waals surface area contributed by atoms with Crippen molar-refractivity contribution in [1.29, 1.82) is 0 Å². The summed E-state index contributed by atoms with van der Waals surface area (Å²) < 4.78 is 74.3. The van der Waals surface area contributed by atoms with Gasteiger partial charge in [0, 0.05) is 23.1 Å². The monoisotopic (exact) mass is 496 g/mol. The lowest BCUT2D eigenvalue weighted by Crippen LogP contribution is -2.30. The molecule has 5 rings (SSSR count). The number of carbonyl (C=O) groups excluding carboxylic acids is 1. The van der Waals surface area contributed by atoms with Crippen LogP contribution in [0.1, 0.15) is 34.9 Å². The Morgan fingerprint density at radius 2 is 1.42 bits per heavy atom. The second kappa shape index (κ2) is 10.1. The van der Waals surface area contributed by atoms with Gasteiger partial charge in [0.15, 0.2) is 23.3 Å². The number of hydrogen-bond donors (Lipinski definition) is 0. The van der Waals surface area contributed by atoms with Gasteiger partial charge in [-0.15, -0.1) is 0 Å². The molecular formula is C27H21BF4O4. The molecule has 2 aliphatic heterocycles. The van der Waals surface area contributed by atoms with E-state index in [1.54, 1.807) is 0 Å². The van der Waals surface area contributed by atoms with Gasteiger partial charge in [-0.1, -0.05) is 48.8 Å². The zero-order valence-electron chi connectivity index (χ0n) is 19.1. The van der Waals surface area contributed by atoms with Crippen molar-refractivity contribution >= 4 is 13.8 Å². The maximum Gasteiger partial charge on any atom is 0.343 e. The summed E-state index contributed by atoms with van der Waals surface area (Å²) in [6, 6.07) is 11.2. The van der Waals surface area contributed by atoms with Gasteiger partial charge < -0.3 is 14.2 Å². The van der Waals surface area contributed by atoms with Gasteiger partial charge in [-0.2, -0.15) is 0 Å². The zero-order valence-corrected chi connectivity index (χ0v) is 19.1. The Bertz CT molecular complexity index is 1290. The first kappa shape index (κ1) is 24.5. The summed E-state index contributed by atoms with van der Waals surface area (Å²) in [5.41, 5.74) is 0.221. The fourth-order valence-corrected chi connectivity index (χ4v) is 4.27. The van der Waals surface area contributed by atoms with E-state index in [1.165, 1.54) is 42.5 Å². The summed E-state index contributed by atoms with van der Waals surface area (Å²) >= 11 is 0. The molecule has 184 valence electrons. The maximum atomic E-state index is 14.9. The highest BCUT2D eigenvalue weighted by atomic mass is 19.2. The Kier molecular flexibility index (Phi) is 6.86. The average molecular weight is 496 g/mol. The minimum Gasteiger partial charge on any atom is -0.432 e. The van der Waals surface area contributed by atoms with Crippen LogP contribution in [0.15, 0.2) is 48.5 Å². The predicted molar refractivity (Wildman–Crippen MR) is 124 cm³/mol. The van der Waals surface area contributed by atoms with Crippen LogP contribution in [0.2, 0.25) is 6.32 Å². The highest BCUT2D eigenvalue weighted by molar-refractivity contribution is 6.08. The molecular weight excluding hydrogens is 475 g/mol. The van der Waals surface area contributed by atoms with Crippen LogP contribution in [-0.2, 0) is 14.2 Å². The van der Waals surface area contributed by atoms with Crippen molar-refractivity contribution in [3.63, 3.8) is 0 Å². The fourth-order valence-electron chi connectivity index (χ4n) is 4.27. The first-order valence-corrected chi connectivity index (χ1v) is 11.6. The van der Waals surface area contributed by atoms with E-state index in [2.05, 4.69) is 0 Å². The van der Waals surface area contributed by atoms with Crippen molar-refractivity contribution in [3.05, 3.63) is 82.9 Å². The largest absolute Gasteiger partial charge is 0.432 e. The Labute approximate surface area is 206 Å². The predicted octanol–water partition coefficient (Wildman–Crippen LogP) is 6.14. The quantitative estimate of drug-likeness (QED) is 0.178. The highest BCUT2D eigenvalue weighted by Gasteiger charge is 2.30. The van der Waals surface area contributed by atoms with E-state index >= 15 is 0 Å². The van der Waals surface area contributed by atoms with Gasteiger partial charge in [-0.25, -0.2) is 22.4 Å². The van der Waals surface area contributed by atoms with Crippen LogP contribution in [0.3, 0.4) is 0 Å². The summed E-state index contributed by atoms with van der Waals surface area (Å²) in [4.78, 5) is 12.4. The van der Waals surface area contributed by atoms with E-state index in [0.717, 1.165) is 6.07 Å². The smallest absolute Gasteiger partial charge is 0.343 e. The third-order valence-electron chi connectivity index (χ3n) is 6.50. The minimum absolute atomic E-state index is 0.0379. The average Bonchev–Trinajstić information content (AvgIpc) is 3.73. The molecule has 3 unspecified atom stereocenters. The number of esters is 1. The summed E-state index contributed by atoms with van der Waals surface area (Å²) in [5, 5.41) is 0. The van der Waals surface area contributed by atoms with Crippen LogP contribution in [0.25, 0.3) is 22.3 Å². The molecule has 0 aromatic heterocycles. The molecule has 2 fully saturated rings. The third-order valence-corrected chi connectivity index (χ3v) is 6.50. The van der Waals surface area contributed by atoms with Crippen LogP contribution in [0.5, 0.6) is 0 Å². The summed E-state index contributed by atoms with van der Waals surface area (Å²) in [5.74, 6) is -5.39. The van der Waals surface area contributed by atoms with Crippen molar-refractivity contribution in [2.45, 2.75) is 31.6 Å². The molecule has 0 saturated carbocycles. The van der Waals surface area contributed by atoms with Gasteiger partial charge in [-0.3, -0.25) is 0 Å². The molecule has 0 amide bonds. The molecule has 4 nitrogen and oxygen atoms in total. The van der Waals surface area contributed by atoms with Crippen molar-refractivity contribution in [1.82, 2.24) is 0 Å². The standard InChI is InChI=1S/C27H21BF4O4/c28-11-14-1-10-22(35-12-14)36-27(33)20-9-7-18(24(30)26(20)32)16-4-2-15(3-5-16)17-6-8-19(21-13-34-21)25(31)23(17)29/h2-9,14,21-22H,1,10-13H2. The van der Waals surface area contributed by atoms with Gasteiger partial charge in [0.1, 0.15) is 6.10 Å². The first-order chi connectivity index (χ1) is 17.4. The van der Waals surface area contributed by atoms with Gasteiger partial charge in [0.25, 0.3) is 0 Å². The van der Waals surface area contributed by atoms with E-state index in [4.69, 9.17) is 22.1 Å². The lowest BCUT2D eigenvalue weighted by atomic mass is 9.87.